The Kier molecular flexibility index (Phi) is 5.17. The highest BCUT2D eigenvalue weighted by atomic mass is 16.5. The van der Waals surface area contributed by atoms with Crippen LogP contribution in [0.3, 0.4) is 0 Å². The van der Waals surface area contributed by atoms with Crippen molar-refractivity contribution in [3.05, 3.63) is 36.7 Å². The molecule has 2 aromatic rings. The van der Waals surface area contributed by atoms with Crippen molar-refractivity contribution in [2.24, 2.45) is 0 Å². The predicted molar refractivity (Wildman–Crippen MR) is 81.7 cm³/mol. The smallest absolute Gasteiger partial charge is 0.135 e. The SMILES string of the molecule is CCCNc1cc(Nc2ccc(OCC)cc2)ncn1. The van der Waals surface area contributed by atoms with E-state index in [1.54, 1.807) is 6.33 Å². The summed E-state index contributed by atoms with van der Waals surface area (Å²) in [6, 6.07) is 9.69. The lowest BCUT2D eigenvalue weighted by Crippen LogP contribution is -2.03. The molecule has 5 heteroatoms. The fourth-order valence-corrected chi connectivity index (χ4v) is 1.72. The molecule has 0 aliphatic carbocycles. The van der Waals surface area contributed by atoms with Crippen LogP contribution < -0.4 is 15.4 Å². The molecule has 2 N–H and O–H groups in total. The Labute approximate surface area is 119 Å². The Balaban J connectivity index is 2.01. The third-order valence-corrected chi connectivity index (χ3v) is 2.66. The highest BCUT2D eigenvalue weighted by Gasteiger charge is 2.00. The maximum atomic E-state index is 5.41. The third kappa shape index (κ3) is 4.12. The van der Waals surface area contributed by atoms with Gasteiger partial charge in [-0.3, -0.25) is 0 Å². The molecule has 1 heterocycles. The summed E-state index contributed by atoms with van der Waals surface area (Å²) in [5.74, 6) is 2.46. The number of ether oxygens (including phenoxy) is 1. The molecular formula is C15H20N4O. The molecule has 0 amide bonds. The van der Waals surface area contributed by atoms with Crippen molar-refractivity contribution in [3.63, 3.8) is 0 Å². The normalized spacial score (nSPS) is 10.1. The summed E-state index contributed by atoms with van der Waals surface area (Å²) in [5.41, 5.74) is 0.966. The van der Waals surface area contributed by atoms with Crippen LogP contribution in [0.4, 0.5) is 17.3 Å². The van der Waals surface area contributed by atoms with Gasteiger partial charge in [-0.2, -0.15) is 0 Å². The number of anilines is 3. The molecule has 1 aromatic carbocycles. The molecule has 0 saturated heterocycles. The summed E-state index contributed by atoms with van der Waals surface area (Å²) in [5, 5.41) is 6.48. The lowest BCUT2D eigenvalue weighted by molar-refractivity contribution is 0.340. The van der Waals surface area contributed by atoms with E-state index in [9.17, 15) is 0 Å². The first-order valence-electron chi connectivity index (χ1n) is 6.87. The largest absolute Gasteiger partial charge is 0.494 e. The van der Waals surface area contributed by atoms with Crippen LogP contribution in [-0.4, -0.2) is 23.1 Å². The van der Waals surface area contributed by atoms with Crippen LogP contribution in [0.25, 0.3) is 0 Å². The van der Waals surface area contributed by atoms with Crippen molar-refractivity contribution >= 4 is 17.3 Å². The predicted octanol–water partition coefficient (Wildman–Crippen LogP) is 3.44. The van der Waals surface area contributed by atoms with Gasteiger partial charge in [0.25, 0.3) is 0 Å². The standard InChI is InChI=1S/C15H20N4O/c1-3-9-16-14-10-15(18-11-17-14)19-12-5-7-13(8-6-12)20-4-2/h5-8,10-11H,3-4,9H2,1-2H3,(H2,16,17,18,19). The molecular weight excluding hydrogens is 252 g/mol. The minimum Gasteiger partial charge on any atom is -0.494 e. The van der Waals surface area contributed by atoms with E-state index in [-0.39, 0.29) is 0 Å². The number of nitrogens with zero attached hydrogens (tertiary/aromatic N) is 2. The molecule has 0 atom stereocenters. The van der Waals surface area contributed by atoms with Crippen LogP contribution in [0, 0.1) is 0 Å². The first-order valence-corrected chi connectivity index (χ1v) is 6.87. The Morgan fingerprint density at radius 3 is 2.50 bits per heavy atom. The molecule has 20 heavy (non-hydrogen) atoms. The lowest BCUT2D eigenvalue weighted by atomic mass is 10.3. The molecule has 1 aromatic heterocycles. The van der Waals surface area contributed by atoms with E-state index >= 15 is 0 Å². The Morgan fingerprint density at radius 2 is 1.80 bits per heavy atom. The number of hydrogen-bond donors (Lipinski definition) is 2. The molecule has 0 aliphatic rings. The van der Waals surface area contributed by atoms with Crippen LogP contribution >= 0.6 is 0 Å². The van der Waals surface area contributed by atoms with Gasteiger partial charge in [0, 0.05) is 18.3 Å². The third-order valence-electron chi connectivity index (χ3n) is 2.66. The van der Waals surface area contributed by atoms with Crippen LogP contribution in [0.1, 0.15) is 20.3 Å². The fourth-order valence-electron chi connectivity index (χ4n) is 1.72. The summed E-state index contributed by atoms with van der Waals surface area (Å²) in [6.45, 7) is 5.66. The minimum atomic E-state index is 0.672. The fraction of sp³-hybridized carbons (Fsp3) is 0.333. The van der Waals surface area contributed by atoms with E-state index in [0.717, 1.165) is 36.0 Å². The average molecular weight is 272 g/mol. The molecule has 0 radical (unpaired) electrons. The number of nitrogens with one attached hydrogen (secondary N) is 2. The van der Waals surface area contributed by atoms with Crippen molar-refractivity contribution in [2.45, 2.75) is 20.3 Å². The number of rotatable bonds is 7. The Morgan fingerprint density at radius 1 is 1.05 bits per heavy atom. The van der Waals surface area contributed by atoms with Gasteiger partial charge in [-0.05, 0) is 37.6 Å². The molecule has 0 bridgehead atoms. The molecule has 5 nitrogen and oxygen atoms in total. The molecule has 0 aliphatic heterocycles. The first-order chi connectivity index (χ1) is 9.81. The van der Waals surface area contributed by atoms with E-state index in [1.807, 2.05) is 37.3 Å². The molecule has 0 unspecified atom stereocenters. The summed E-state index contributed by atoms with van der Waals surface area (Å²) in [7, 11) is 0. The molecule has 2 rings (SSSR count). The summed E-state index contributed by atoms with van der Waals surface area (Å²) >= 11 is 0. The zero-order valence-corrected chi connectivity index (χ0v) is 11.9. The van der Waals surface area contributed by atoms with Crippen molar-refractivity contribution < 1.29 is 4.74 Å². The summed E-state index contributed by atoms with van der Waals surface area (Å²) in [4.78, 5) is 8.38. The van der Waals surface area contributed by atoms with Gasteiger partial charge in [0.05, 0.1) is 6.61 Å². The van der Waals surface area contributed by atoms with Crippen LogP contribution in [0.15, 0.2) is 36.7 Å². The Bertz CT molecular complexity index is 528. The average Bonchev–Trinajstić information content (AvgIpc) is 2.48. The maximum Gasteiger partial charge on any atom is 0.135 e. The minimum absolute atomic E-state index is 0.672. The second-order valence-corrected chi connectivity index (χ2v) is 4.30. The Hall–Kier alpha value is -2.30. The quantitative estimate of drug-likeness (QED) is 0.808. The summed E-state index contributed by atoms with van der Waals surface area (Å²) in [6.07, 6.45) is 2.61. The van der Waals surface area contributed by atoms with Gasteiger partial charge in [0.15, 0.2) is 0 Å². The van der Waals surface area contributed by atoms with Gasteiger partial charge in [-0.25, -0.2) is 9.97 Å². The van der Waals surface area contributed by atoms with Crippen LogP contribution in [0.2, 0.25) is 0 Å². The number of hydrogen-bond acceptors (Lipinski definition) is 5. The zero-order chi connectivity index (χ0) is 14.2. The van der Waals surface area contributed by atoms with Crippen molar-refractivity contribution in [1.82, 2.24) is 9.97 Å². The highest BCUT2D eigenvalue weighted by molar-refractivity contribution is 5.59. The van der Waals surface area contributed by atoms with E-state index in [0.29, 0.717) is 6.61 Å². The molecule has 0 saturated carbocycles. The van der Waals surface area contributed by atoms with Crippen molar-refractivity contribution in [3.8, 4) is 5.75 Å². The molecule has 106 valence electrons. The van der Waals surface area contributed by atoms with Crippen molar-refractivity contribution in [1.29, 1.82) is 0 Å². The first kappa shape index (κ1) is 14.1. The number of benzene rings is 1. The van der Waals surface area contributed by atoms with E-state index in [2.05, 4.69) is 27.5 Å². The van der Waals surface area contributed by atoms with E-state index < -0.39 is 0 Å². The second-order valence-electron chi connectivity index (χ2n) is 4.30. The molecule has 0 spiro atoms. The topological polar surface area (TPSA) is 59.1 Å². The van der Waals surface area contributed by atoms with Gasteiger partial charge in [0.1, 0.15) is 23.7 Å². The maximum absolute atomic E-state index is 5.41. The van der Waals surface area contributed by atoms with Gasteiger partial charge >= 0.3 is 0 Å². The van der Waals surface area contributed by atoms with E-state index in [1.165, 1.54) is 0 Å². The lowest BCUT2D eigenvalue weighted by Gasteiger charge is -2.09. The second kappa shape index (κ2) is 7.33. The highest BCUT2D eigenvalue weighted by Crippen LogP contribution is 2.19. The monoisotopic (exact) mass is 272 g/mol. The number of aromatic nitrogens is 2. The molecule has 0 fully saturated rings. The zero-order valence-electron chi connectivity index (χ0n) is 11.9. The summed E-state index contributed by atoms with van der Waals surface area (Å²) < 4.78 is 5.41. The van der Waals surface area contributed by atoms with Gasteiger partial charge in [-0.1, -0.05) is 6.92 Å². The van der Waals surface area contributed by atoms with Crippen molar-refractivity contribution in [2.75, 3.05) is 23.8 Å². The van der Waals surface area contributed by atoms with E-state index in [4.69, 9.17) is 4.74 Å². The van der Waals surface area contributed by atoms with Crippen LogP contribution in [0.5, 0.6) is 5.75 Å². The van der Waals surface area contributed by atoms with Crippen LogP contribution in [-0.2, 0) is 0 Å². The van der Waals surface area contributed by atoms with Gasteiger partial charge in [0.2, 0.25) is 0 Å². The van der Waals surface area contributed by atoms with Gasteiger partial charge in [-0.15, -0.1) is 0 Å². The van der Waals surface area contributed by atoms with Gasteiger partial charge < -0.3 is 15.4 Å².